The highest BCUT2D eigenvalue weighted by atomic mass is 32.2. The number of amides is 1. The molecular weight excluding hydrogens is 252 g/mol. The first kappa shape index (κ1) is 15.4. The lowest BCUT2D eigenvalue weighted by Gasteiger charge is -2.20. The van der Waals surface area contributed by atoms with E-state index in [1.165, 1.54) is 4.31 Å². The third-order valence-electron chi connectivity index (χ3n) is 3.27. The van der Waals surface area contributed by atoms with Crippen molar-refractivity contribution < 1.29 is 13.2 Å². The van der Waals surface area contributed by atoms with E-state index in [1.54, 1.807) is 0 Å². The fraction of sp³-hybridized carbons (Fsp3) is 0.917. The number of nitrogens with one attached hydrogen (secondary N) is 1. The standard InChI is InChI=1S/C12H24N2O3S/c1-3-4-9-14(18(2,16)17)10-12(15)13-11-7-5-6-8-11/h11H,3-10H2,1-2H3,(H,13,15). The third kappa shape index (κ3) is 5.35. The number of hydrogen-bond donors (Lipinski definition) is 1. The molecule has 1 fully saturated rings. The summed E-state index contributed by atoms with van der Waals surface area (Å²) in [7, 11) is -3.29. The molecule has 0 aromatic heterocycles. The number of nitrogens with zero attached hydrogens (tertiary/aromatic N) is 1. The lowest BCUT2D eigenvalue weighted by molar-refractivity contribution is -0.122. The van der Waals surface area contributed by atoms with Crippen molar-refractivity contribution in [2.24, 2.45) is 0 Å². The van der Waals surface area contributed by atoms with Crippen LogP contribution in [-0.2, 0) is 14.8 Å². The van der Waals surface area contributed by atoms with E-state index in [0.29, 0.717) is 6.54 Å². The molecular formula is C12H24N2O3S. The van der Waals surface area contributed by atoms with Crippen molar-refractivity contribution in [2.45, 2.75) is 51.5 Å². The third-order valence-corrected chi connectivity index (χ3v) is 4.52. The van der Waals surface area contributed by atoms with E-state index in [1.807, 2.05) is 6.92 Å². The Morgan fingerprint density at radius 2 is 1.94 bits per heavy atom. The van der Waals surface area contributed by atoms with Crippen LogP contribution in [-0.4, -0.2) is 44.0 Å². The zero-order valence-electron chi connectivity index (χ0n) is 11.3. The molecule has 0 radical (unpaired) electrons. The van der Waals surface area contributed by atoms with Crippen LogP contribution in [0.25, 0.3) is 0 Å². The van der Waals surface area contributed by atoms with E-state index < -0.39 is 10.0 Å². The van der Waals surface area contributed by atoms with E-state index in [9.17, 15) is 13.2 Å². The van der Waals surface area contributed by atoms with Crippen LogP contribution in [0.4, 0.5) is 0 Å². The first-order valence-electron chi connectivity index (χ1n) is 6.68. The van der Waals surface area contributed by atoms with Crippen LogP contribution < -0.4 is 5.32 Å². The second-order valence-electron chi connectivity index (χ2n) is 5.00. The minimum absolute atomic E-state index is 0.0463. The van der Waals surface area contributed by atoms with E-state index in [4.69, 9.17) is 0 Å². The van der Waals surface area contributed by atoms with Gasteiger partial charge in [0.1, 0.15) is 0 Å². The molecule has 1 aliphatic rings. The highest BCUT2D eigenvalue weighted by Crippen LogP contribution is 2.17. The first-order valence-corrected chi connectivity index (χ1v) is 8.52. The van der Waals surface area contributed by atoms with Gasteiger partial charge in [0.05, 0.1) is 12.8 Å². The molecule has 0 aliphatic heterocycles. The maximum absolute atomic E-state index is 11.8. The molecule has 1 aliphatic carbocycles. The number of unbranched alkanes of at least 4 members (excludes halogenated alkanes) is 1. The Balaban J connectivity index is 2.46. The Labute approximate surface area is 110 Å². The lowest BCUT2D eigenvalue weighted by atomic mass is 10.2. The first-order chi connectivity index (χ1) is 8.43. The molecule has 1 saturated carbocycles. The van der Waals surface area contributed by atoms with Gasteiger partial charge in [0.15, 0.2) is 0 Å². The zero-order valence-corrected chi connectivity index (χ0v) is 12.1. The van der Waals surface area contributed by atoms with Gasteiger partial charge in [-0.15, -0.1) is 0 Å². The summed E-state index contributed by atoms with van der Waals surface area (Å²) in [6, 6.07) is 0.241. The van der Waals surface area contributed by atoms with Gasteiger partial charge in [-0.25, -0.2) is 8.42 Å². The van der Waals surface area contributed by atoms with E-state index in [-0.39, 0.29) is 18.5 Å². The normalized spacial score (nSPS) is 17.3. The number of carbonyl (C=O) groups is 1. The average Bonchev–Trinajstić information content (AvgIpc) is 2.75. The molecule has 0 atom stereocenters. The maximum atomic E-state index is 11.8. The molecule has 5 nitrogen and oxygen atoms in total. The highest BCUT2D eigenvalue weighted by molar-refractivity contribution is 7.88. The second-order valence-corrected chi connectivity index (χ2v) is 6.98. The van der Waals surface area contributed by atoms with Crippen LogP contribution in [0.15, 0.2) is 0 Å². The molecule has 0 unspecified atom stereocenters. The van der Waals surface area contributed by atoms with Crippen molar-refractivity contribution in [1.82, 2.24) is 9.62 Å². The molecule has 1 amide bonds. The topological polar surface area (TPSA) is 66.5 Å². The van der Waals surface area contributed by atoms with E-state index >= 15 is 0 Å². The van der Waals surface area contributed by atoms with Crippen molar-refractivity contribution >= 4 is 15.9 Å². The molecule has 0 bridgehead atoms. The fourth-order valence-electron chi connectivity index (χ4n) is 2.20. The van der Waals surface area contributed by atoms with Crippen LogP contribution in [0.1, 0.15) is 45.4 Å². The smallest absolute Gasteiger partial charge is 0.235 e. The summed E-state index contributed by atoms with van der Waals surface area (Å²) >= 11 is 0. The monoisotopic (exact) mass is 276 g/mol. The van der Waals surface area contributed by atoms with Crippen LogP contribution >= 0.6 is 0 Å². The number of carbonyl (C=O) groups excluding carboxylic acids is 1. The van der Waals surface area contributed by atoms with Gasteiger partial charge in [0.2, 0.25) is 15.9 Å². The molecule has 6 heteroatoms. The summed E-state index contributed by atoms with van der Waals surface area (Å²) in [6.45, 7) is 2.38. The minimum atomic E-state index is -3.29. The highest BCUT2D eigenvalue weighted by Gasteiger charge is 2.22. The summed E-state index contributed by atoms with van der Waals surface area (Å²) < 4.78 is 24.4. The van der Waals surface area contributed by atoms with Gasteiger partial charge in [0, 0.05) is 12.6 Å². The predicted molar refractivity (Wildman–Crippen MR) is 71.7 cm³/mol. The van der Waals surface area contributed by atoms with Crippen molar-refractivity contribution in [3.63, 3.8) is 0 Å². The van der Waals surface area contributed by atoms with Gasteiger partial charge in [-0.1, -0.05) is 26.2 Å². The molecule has 0 aromatic carbocycles. The molecule has 1 N–H and O–H groups in total. The zero-order chi connectivity index (χ0) is 13.6. The largest absolute Gasteiger partial charge is 0.352 e. The van der Waals surface area contributed by atoms with Gasteiger partial charge in [-0.2, -0.15) is 4.31 Å². The summed E-state index contributed by atoms with van der Waals surface area (Å²) in [6.07, 6.45) is 7.18. The molecule has 0 aromatic rings. The van der Waals surface area contributed by atoms with E-state index in [0.717, 1.165) is 44.8 Å². The lowest BCUT2D eigenvalue weighted by Crippen LogP contribution is -2.43. The van der Waals surface area contributed by atoms with Gasteiger partial charge in [-0.3, -0.25) is 4.79 Å². The minimum Gasteiger partial charge on any atom is -0.352 e. The van der Waals surface area contributed by atoms with Crippen molar-refractivity contribution in [3.8, 4) is 0 Å². The molecule has 0 saturated heterocycles. The second kappa shape index (κ2) is 7.09. The number of hydrogen-bond acceptors (Lipinski definition) is 3. The predicted octanol–water partition coefficient (Wildman–Crippen LogP) is 1.11. The summed E-state index contributed by atoms with van der Waals surface area (Å²) in [5.41, 5.74) is 0. The SMILES string of the molecule is CCCCN(CC(=O)NC1CCCC1)S(C)(=O)=O. The Morgan fingerprint density at radius 3 is 2.44 bits per heavy atom. The molecule has 18 heavy (non-hydrogen) atoms. The van der Waals surface area contributed by atoms with Gasteiger partial charge >= 0.3 is 0 Å². The number of rotatable bonds is 7. The average molecular weight is 276 g/mol. The van der Waals surface area contributed by atoms with Crippen LogP contribution in [0.3, 0.4) is 0 Å². The number of sulfonamides is 1. The maximum Gasteiger partial charge on any atom is 0.235 e. The van der Waals surface area contributed by atoms with Crippen molar-refractivity contribution in [3.05, 3.63) is 0 Å². The quantitative estimate of drug-likeness (QED) is 0.757. The Morgan fingerprint density at radius 1 is 1.33 bits per heavy atom. The van der Waals surface area contributed by atoms with Crippen molar-refractivity contribution in [1.29, 1.82) is 0 Å². The van der Waals surface area contributed by atoms with Crippen LogP contribution in [0.2, 0.25) is 0 Å². The Bertz CT molecular complexity index is 362. The molecule has 0 spiro atoms. The summed E-state index contributed by atoms with van der Waals surface area (Å²) in [5, 5.41) is 2.91. The Kier molecular flexibility index (Phi) is 6.08. The fourth-order valence-corrected chi connectivity index (χ4v) is 3.01. The van der Waals surface area contributed by atoms with E-state index in [2.05, 4.69) is 5.32 Å². The summed E-state index contributed by atoms with van der Waals surface area (Å²) in [4.78, 5) is 11.8. The van der Waals surface area contributed by atoms with Gasteiger partial charge in [0.25, 0.3) is 0 Å². The molecule has 1 rings (SSSR count). The molecule has 0 heterocycles. The van der Waals surface area contributed by atoms with Crippen LogP contribution in [0.5, 0.6) is 0 Å². The van der Waals surface area contributed by atoms with Gasteiger partial charge in [-0.05, 0) is 19.3 Å². The summed E-state index contributed by atoms with van der Waals surface area (Å²) in [5.74, 6) is -0.177. The van der Waals surface area contributed by atoms with Gasteiger partial charge < -0.3 is 5.32 Å². The molecule has 106 valence electrons. The Hall–Kier alpha value is -0.620. The van der Waals surface area contributed by atoms with Crippen LogP contribution in [0, 0.1) is 0 Å². The van der Waals surface area contributed by atoms with Crippen molar-refractivity contribution in [2.75, 3.05) is 19.3 Å².